The van der Waals surface area contributed by atoms with Crippen molar-refractivity contribution >= 4 is 31.9 Å². The highest BCUT2D eigenvalue weighted by Gasteiger charge is 2.09. The van der Waals surface area contributed by atoms with Gasteiger partial charge in [-0.2, -0.15) is 0 Å². The fraction of sp³-hybridized carbons (Fsp3) is 0.300. The number of nitrogens with one attached hydrogen (secondary N) is 2. The predicted octanol–water partition coefficient (Wildman–Crippen LogP) is 0.575. The molecule has 1 amide bonds. The summed E-state index contributed by atoms with van der Waals surface area (Å²) in [4.78, 5) is 11.3. The molecule has 7 heteroatoms. The van der Waals surface area contributed by atoms with E-state index in [9.17, 15) is 13.2 Å². The van der Waals surface area contributed by atoms with Crippen LogP contribution >= 0.6 is 15.9 Å². The van der Waals surface area contributed by atoms with Crippen molar-refractivity contribution in [3.05, 3.63) is 35.9 Å². The number of alkyl halides is 1. The highest BCUT2D eigenvalue weighted by atomic mass is 79.9. The molecule has 2 N–H and O–H groups in total. The quantitative estimate of drug-likeness (QED) is 0.753. The van der Waals surface area contributed by atoms with Crippen LogP contribution in [-0.2, 0) is 21.4 Å². The van der Waals surface area contributed by atoms with Gasteiger partial charge in [-0.3, -0.25) is 4.79 Å². The second-order valence-corrected chi connectivity index (χ2v) is 6.42. The lowest BCUT2D eigenvalue weighted by atomic mass is 10.2. The van der Waals surface area contributed by atoms with Crippen molar-refractivity contribution in [3.63, 3.8) is 0 Å². The maximum absolute atomic E-state index is 11.3. The molecule has 0 heterocycles. The zero-order valence-corrected chi connectivity index (χ0v) is 11.4. The Morgan fingerprint density at radius 3 is 2.47 bits per heavy atom. The topological polar surface area (TPSA) is 75.3 Å². The van der Waals surface area contributed by atoms with Crippen LogP contribution < -0.4 is 10.0 Å². The second kappa shape index (κ2) is 6.73. The van der Waals surface area contributed by atoms with E-state index in [1.165, 1.54) is 0 Å². The van der Waals surface area contributed by atoms with E-state index in [2.05, 4.69) is 26.0 Å². The van der Waals surface area contributed by atoms with E-state index < -0.39 is 10.0 Å². The molecule has 0 bridgehead atoms. The number of sulfonamides is 1. The Bertz CT molecular complexity index is 462. The summed E-state index contributed by atoms with van der Waals surface area (Å²) < 4.78 is 24.0. The van der Waals surface area contributed by atoms with E-state index >= 15 is 0 Å². The van der Waals surface area contributed by atoms with Crippen molar-refractivity contribution in [2.75, 3.05) is 11.2 Å². The Labute approximate surface area is 109 Å². The van der Waals surface area contributed by atoms with Gasteiger partial charge in [-0.05, 0) is 5.56 Å². The van der Waals surface area contributed by atoms with Gasteiger partial charge in [0.15, 0.2) is 0 Å². The molecule has 0 spiro atoms. The molecule has 1 rings (SSSR count). The van der Waals surface area contributed by atoms with Gasteiger partial charge in [-0.1, -0.05) is 46.3 Å². The van der Waals surface area contributed by atoms with Crippen LogP contribution in [0.1, 0.15) is 5.56 Å². The van der Waals surface area contributed by atoms with Crippen LogP contribution in [0.5, 0.6) is 0 Å². The number of rotatable bonds is 6. The van der Waals surface area contributed by atoms with Crippen LogP contribution in [0.25, 0.3) is 0 Å². The molecule has 0 saturated heterocycles. The Balaban J connectivity index is 2.32. The van der Waals surface area contributed by atoms with Gasteiger partial charge in [-0.25, -0.2) is 13.1 Å². The number of halogens is 1. The van der Waals surface area contributed by atoms with Crippen LogP contribution in [0, 0.1) is 0 Å². The molecular weight excluding hydrogens is 308 g/mol. The number of carbonyl (C=O) groups excluding carboxylic acids is 1. The van der Waals surface area contributed by atoms with Crippen LogP contribution in [0.3, 0.4) is 0 Å². The minimum Gasteiger partial charge on any atom is -0.351 e. The van der Waals surface area contributed by atoms with Crippen molar-refractivity contribution in [3.8, 4) is 0 Å². The average molecular weight is 321 g/mol. The zero-order chi connectivity index (χ0) is 12.7. The van der Waals surface area contributed by atoms with E-state index in [0.29, 0.717) is 6.54 Å². The SMILES string of the molecule is O=C(CNS(=O)(=O)CBr)NCc1ccccc1. The van der Waals surface area contributed by atoms with Crippen molar-refractivity contribution < 1.29 is 13.2 Å². The fourth-order valence-corrected chi connectivity index (χ4v) is 1.99. The van der Waals surface area contributed by atoms with E-state index in [-0.39, 0.29) is 17.1 Å². The van der Waals surface area contributed by atoms with E-state index in [1.54, 1.807) is 0 Å². The third kappa shape index (κ3) is 5.81. The highest BCUT2D eigenvalue weighted by Crippen LogP contribution is 1.96. The summed E-state index contributed by atoms with van der Waals surface area (Å²) in [6.45, 7) is 0.135. The molecule has 0 atom stereocenters. The van der Waals surface area contributed by atoms with Crippen LogP contribution in [-0.4, -0.2) is 25.5 Å². The molecule has 0 aliphatic heterocycles. The first kappa shape index (κ1) is 14.1. The van der Waals surface area contributed by atoms with Crippen LogP contribution in [0.2, 0.25) is 0 Å². The van der Waals surface area contributed by atoms with Crippen LogP contribution in [0.4, 0.5) is 0 Å². The van der Waals surface area contributed by atoms with Gasteiger partial charge >= 0.3 is 0 Å². The molecule has 0 aliphatic carbocycles. The smallest absolute Gasteiger partial charge is 0.235 e. The third-order valence-corrected chi connectivity index (χ3v) is 4.61. The summed E-state index contributed by atoms with van der Waals surface area (Å²) in [6.07, 6.45) is 0. The Kier molecular flexibility index (Phi) is 5.60. The summed E-state index contributed by atoms with van der Waals surface area (Å²) in [7, 11) is -3.39. The minimum absolute atomic E-state index is 0.216. The summed E-state index contributed by atoms with van der Waals surface area (Å²) in [5.74, 6) is -0.363. The molecule has 0 unspecified atom stereocenters. The maximum Gasteiger partial charge on any atom is 0.235 e. The Morgan fingerprint density at radius 1 is 1.24 bits per heavy atom. The average Bonchev–Trinajstić information content (AvgIpc) is 2.35. The van der Waals surface area contributed by atoms with Gasteiger partial charge in [0.1, 0.15) is 4.66 Å². The van der Waals surface area contributed by atoms with Gasteiger partial charge < -0.3 is 5.32 Å². The summed E-state index contributed by atoms with van der Waals surface area (Å²) in [5, 5.41) is 2.61. The normalized spacial score (nSPS) is 11.1. The van der Waals surface area contributed by atoms with Gasteiger partial charge in [-0.15, -0.1) is 0 Å². The molecule has 0 radical (unpaired) electrons. The predicted molar refractivity (Wildman–Crippen MR) is 69.0 cm³/mol. The van der Waals surface area contributed by atoms with Gasteiger partial charge in [0, 0.05) is 6.54 Å². The number of hydrogen-bond donors (Lipinski definition) is 2. The molecule has 5 nitrogen and oxygen atoms in total. The first-order valence-electron chi connectivity index (χ1n) is 4.87. The second-order valence-electron chi connectivity index (χ2n) is 3.31. The number of amides is 1. The van der Waals surface area contributed by atoms with Crippen molar-refractivity contribution in [2.45, 2.75) is 6.54 Å². The molecular formula is C10H13BrN2O3S. The van der Waals surface area contributed by atoms with Gasteiger partial charge in [0.05, 0.1) is 6.54 Å². The Hall–Kier alpha value is -0.920. The fourth-order valence-electron chi connectivity index (χ4n) is 1.07. The summed E-state index contributed by atoms with van der Waals surface area (Å²) >= 11 is 2.81. The molecule has 94 valence electrons. The molecule has 0 aromatic heterocycles. The van der Waals surface area contributed by atoms with Crippen molar-refractivity contribution in [1.82, 2.24) is 10.0 Å². The molecule has 1 aromatic rings. The number of carbonyl (C=O) groups is 1. The lowest BCUT2D eigenvalue weighted by Crippen LogP contribution is -2.36. The molecule has 17 heavy (non-hydrogen) atoms. The number of benzene rings is 1. The lowest BCUT2D eigenvalue weighted by molar-refractivity contribution is -0.120. The molecule has 0 saturated carbocycles. The number of hydrogen-bond acceptors (Lipinski definition) is 3. The maximum atomic E-state index is 11.3. The highest BCUT2D eigenvalue weighted by molar-refractivity contribution is 9.10. The molecule has 1 aromatic carbocycles. The van der Waals surface area contributed by atoms with E-state index in [1.807, 2.05) is 30.3 Å². The largest absolute Gasteiger partial charge is 0.351 e. The third-order valence-electron chi connectivity index (χ3n) is 1.93. The first-order chi connectivity index (χ1) is 8.03. The zero-order valence-electron chi connectivity index (χ0n) is 9.02. The minimum atomic E-state index is -3.39. The Morgan fingerprint density at radius 2 is 1.88 bits per heavy atom. The van der Waals surface area contributed by atoms with E-state index in [4.69, 9.17) is 0 Å². The van der Waals surface area contributed by atoms with Crippen molar-refractivity contribution in [1.29, 1.82) is 0 Å². The molecule has 0 fully saturated rings. The van der Waals surface area contributed by atoms with Crippen molar-refractivity contribution in [2.24, 2.45) is 0 Å². The molecule has 0 aliphatic rings. The summed E-state index contributed by atoms with van der Waals surface area (Å²) in [5.41, 5.74) is 0.962. The van der Waals surface area contributed by atoms with Gasteiger partial charge in [0.25, 0.3) is 0 Å². The standard InChI is InChI=1S/C10H13BrN2O3S/c11-8-17(15,16)13-7-10(14)12-6-9-4-2-1-3-5-9/h1-5,13H,6-8H2,(H,12,14). The summed E-state index contributed by atoms with van der Waals surface area (Å²) in [6, 6.07) is 9.38. The first-order valence-corrected chi connectivity index (χ1v) is 7.65. The monoisotopic (exact) mass is 320 g/mol. The van der Waals surface area contributed by atoms with Crippen LogP contribution in [0.15, 0.2) is 30.3 Å². The lowest BCUT2D eigenvalue weighted by Gasteiger charge is -2.06. The van der Waals surface area contributed by atoms with Gasteiger partial charge in [0.2, 0.25) is 15.9 Å². The van der Waals surface area contributed by atoms with E-state index in [0.717, 1.165) is 5.56 Å².